The van der Waals surface area contributed by atoms with Gasteiger partial charge in [0, 0.05) is 20.7 Å². The fourth-order valence-corrected chi connectivity index (χ4v) is 5.07. The van der Waals surface area contributed by atoms with E-state index in [1.165, 1.54) is 6.33 Å². The lowest BCUT2D eigenvalue weighted by molar-refractivity contribution is -0.137. The van der Waals surface area contributed by atoms with Crippen molar-refractivity contribution in [3.05, 3.63) is 88.3 Å². The summed E-state index contributed by atoms with van der Waals surface area (Å²) in [6.07, 6.45) is 3.64. The van der Waals surface area contributed by atoms with Gasteiger partial charge in [0.05, 0.1) is 17.3 Å². The Bertz CT molecular complexity index is 1270. The third-order valence-corrected chi connectivity index (χ3v) is 7.19. The highest BCUT2D eigenvalue weighted by molar-refractivity contribution is 7.71. The van der Waals surface area contributed by atoms with Gasteiger partial charge in [0.25, 0.3) is 0 Å². The molecule has 3 aromatic rings. The Hall–Kier alpha value is -3.65. The molecule has 1 aliphatic heterocycles. The topological polar surface area (TPSA) is 105 Å². The Morgan fingerprint density at radius 3 is 2.26 bits per heavy atom. The van der Waals surface area contributed by atoms with Gasteiger partial charge in [-0.05, 0) is 30.9 Å². The minimum absolute atomic E-state index is 0. The van der Waals surface area contributed by atoms with E-state index < -0.39 is 11.5 Å². The molecule has 2 heterocycles. The van der Waals surface area contributed by atoms with Gasteiger partial charge in [-0.25, -0.2) is 4.98 Å². The Morgan fingerprint density at radius 1 is 1.12 bits per heavy atom. The molecule has 7 nitrogen and oxygen atoms in total. The molecule has 1 atom stereocenters. The fraction of sp³-hybridized carbons (Fsp3) is 0.269. The van der Waals surface area contributed by atoms with Crippen molar-refractivity contribution in [3.8, 4) is 0 Å². The molecule has 176 valence electrons. The molecule has 4 rings (SSSR count). The van der Waals surface area contributed by atoms with Crippen molar-refractivity contribution in [2.24, 2.45) is 0 Å². The van der Waals surface area contributed by atoms with Crippen LogP contribution in [0.1, 0.15) is 43.9 Å². The zero-order valence-electron chi connectivity index (χ0n) is 19.0. The first-order valence-corrected chi connectivity index (χ1v) is 11.6. The third-order valence-electron chi connectivity index (χ3n) is 6.76. The molecule has 0 radical (unpaired) electrons. The highest BCUT2D eigenvalue weighted by Gasteiger charge is 2.42. The van der Waals surface area contributed by atoms with Gasteiger partial charge in [0.1, 0.15) is 22.3 Å². The largest absolute Gasteiger partial charge is 0.383 e. The number of nitrogens with one attached hydrogen (secondary N) is 1. The number of anilines is 1. The average Bonchev–Trinajstić information content (AvgIpc) is 2.87. The summed E-state index contributed by atoms with van der Waals surface area (Å²) in [6, 6.07) is 18.4. The number of amides is 1. The molecule has 3 N–H and O–H groups in total. The lowest BCUT2D eigenvalue weighted by Gasteiger charge is -2.41. The van der Waals surface area contributed by atoms with Crippen LogP contribution in [-0.4, -0.2) is 45.4 Å². The molecule has 1 unspecified atom stereocenters. The van der Waals surface area contributed by atoms with E-state index in [1.54, 1.807) is 16.4 Å². The summed E-state index contributed by atoms with van der Waals surface area (Å²) in [7, 11) is 0. The molecule has 0 saturated carbocycles. The van der Waals surface area contributed by atoms with Crippen LogP contribution < -0.4 is 5.73 Å². The second-order valence-corrected chi connectivity index (χ2v) is 8.93. The molecule has 0 aliphatic carbocycles. The number of benzene rings is 2. The number of piperidine rings is 1. The third kappa shape index (κ3) is 4.17. The maximum absolute atomic E-state index is 13.9. The predicted molar refractivity (Wildman–Crippen MR) is 137 cm³/mol. The summed E-state index contributed by atoms with van der Waals surface area (Å²) in [5.41, 5.74) is 7.38. The van der Waals surface area contributed by atoms with E-state index in [-0.39, 0.29) is 23.6 Å². The number of hydrogen-bond acceptors (Lipinski definition) is 6. The van der Waals surface area contributed by atoms with E-state index in [1.807, 2.05) is 60.7 Å². The first-order chi connectivity index (χ1) is 16.4. The Labute approximate surface area is 205 Å². The molecule has 1 saturated heterocycles. The quantitative estimate of drug-likeness (QED) is 0.411. The van der Waals surface area contributed by atoms with Crippen molar-refractivity contribution in [2.75, 3.05) is 18.8 Å². The van der Waals surface area contributed by atoms with Gasteiger partial charge < -0.3 is 20.6 Å². The summed E-state index contributed by atoms with van der Waals surface area (Å²) in [4.78, 5) is 32.6. The Balaban J connectivity index is 0.00000342. The van der Waals surface area contributed by atoms with Crippen LogP contribution in [0.3, 0.4) is 0 Å². The first kappa shape index (κ1) is 23.5. The summed E-state index contributed by atoms with van der Waals surface area (Å²) in [5, 5.41) is 7.68. The molecule has 0 spiro atoms. The van der Waals surface area contributed by atoms with Crippen LogP contribution in [-0.2, 0) is 15.0 Å². The van der Waals surface area contributed by atoms with Crippen molar-refractivity contribution in [3.63, 3.8) is 0 Å². The molecule has 0 bridgehead atoms. The second-order valence-electron chi connectivity index (χ2n) is 8.54. The molecule has 1 fully saturated rings. The van der Waals surface area contributed by atoms with E-state index in [9.17, 15) is 9.59 Å². The summed E-state index contributed by atoms with van der Waals surface area (Å²) < 4.78 is 1.89. The number of rotatable bonds is 6. The van der Waals surface area contributed by atoms with Crippen LogP contribution in [0.25, 0.3) is 0 Å². The molecule has 1 amide bonds. The van der Waals surface area contributed by atoms with Crippen molar-refractivity contribution in [1.29, 1.82) is 5.41 Å². The van der Waals surface area contributed by atoms with Crippen LogP contribution in [0.15, 0.2) is 67.0 Å². The highest BCUT2D eigenvalue weighted by Crippen LogP contribution is 2.37. The van der Waals surface area contributed by atoms with Crippen LogP contribution in [0.2, 0.25) is 0 Å². The summed E-state index contributed by atoms with van der Waals surface area (Å²) in [5.74, 6) is 0.142. The number of aromatic nitrogens is 2. The molecule has 1 aliphatic rings. The number of likely N-dealkylation sites (tertiary alicyclic amines) is 1. The molecule has 8 heteroatoms. The standard InChI is InChI=1S/C26H27N5O2S.H2/c1-18(32)26(20-10-6-3-7-11-20)12-14-30(15-13-26)24(33)22(19-8-4-2-5-9-19)31-17-29-23(28)21(16-27)25(31)34;/h2-11,16-17,22,27H,12-15,28H2,1H3;1H. The number of Topliss-reactive ketones (excluding diaryl/α,β-unsaturated/α-hetero) is 1. The average molecular weight is 476 g/mol. The molecule has 1 aromatic heterocycles. The second kappa shape index (κ2) is 9.69. The van der Waals surface area contributed by atoms with Crippen LogP contribution in [0.4, 0.5) is 5.82 Å². The molecule has 34 heavy (non-hydrogen) atoms. The SMILES string of the molecule is CC(=O)C1(c2ccccc2)CCN(C(=O)C(c2ccccc2)n2cnc(N)c(C=N)c2=S)CC1.[HH]. The number of nitrogens with zero attached hydrogens (tertiary/aromatic N) is 3. The van der Waals surface area contributed by atoms with Gasteiger partial charge in [0.15, 0.2) is 0 Å². The highest BCUT2D eigenvalue weighted by atomic mass is 32.1. The van der Waals surface area contributed by atoms with Crippen molar-refractivity contribution in [1.82, 2.24) is 14.5 Å². The maximum atomic E-state index is 13.9. The van der Waals surface area contributed by atoms with Gasteiger partial charge in [-0.3, -0.25) is 9.59 Å². The summed E-state index contributed by atoms with van der Waals surface area (Å²) in [6.45, 7) is 2.53. The van der Waals surface area contributed by atoms with Crippen LogP contribution >= 0.6 is 12.2 Å². The van der Waals surface area contributed by atoms with Crippen molar-refractivity contribution >= 4 is 35.9 Å². The Kier molecular flexibility index (Phi) is 6.70. The first-order valence-electron chi connectivity index (χ1n) is 11.2. The lowest BCUT2D eigenvalue weighted by Crippen LogP contribution is -2.50. The summed E-state index contributed by atoms with van der Waals surface area (Å²) >= 11 is 5.59. The lowest BCUT2D eigenvalue weighted by atomic mass is 9.70. The Morgan fingerprint density at radius 2 is 1.71 bits per heavy atom. The minimum Gasteiger partial charge on any atom is -0.383 e. The predicted octanol–water partition coefficient (Wildman–Crippen LogP) is 4.18. The smallest absolute Gasteiger partial charge is 0.250 e. The number of hydrogen-bond donors (Lipinski definition) is 2. The normalized spacial score (nSPS) is 16.0. The molecule has 2 aromatic carbocycles. The van der Waals surface area contributed by atoms with E-state index in [0.29, 0.717) is 31.5 Å². The van der Waals surface area contributed by atoms with E-state index in [2.05, 4.69) is 4.98 Å². The van der Waals surface area contributed by atoms with Gasteiger partial charge >= 0.3 is 0 Å². The zero-order chi connectivity index (χ0) is 24.3. The van der Waals surface area contributed by atoms with Crippen LogP contribution in [0.5, 0.6) is 0 Å². The fourth-order valence-electron chi connectivity index (χ4n) is 4.76. The number of carbonyl (C=O) groups is 2. The van der Waals surface area contributed by atoms with Crippen LogP contribution in [0, 0.1) is 10.0 Å². The monoisotopic (exact) mass is 475 g/mol. The van der Waals surface area contributed by atoms with E-state index in [0.717, 1.165) is 17.3 Å². The van der Waals surface area contributed by atoms with Gasteiger partial charge in [-0.1, -0.05) is 72.9 Å². The van der Waals surface area contributed by atoms with E-state index >= 15 is 0 Å². The number of nitrogen functional groups attached to an aromatic ring is 1. The number of carbonyl (C=O) groups excluding carboxylic acids is 2. The van der Waals surface area contributed by atoms with Crippen molar-refractivity contribution in [2.45, 2.75) is 31.2 Å². The van der Waals surface area contributed by atoms with Gasteiger partial charge in [-0.15, -0.1) is 0 Å². The van der Waals surface area contributed by atoms with Crippen molar-refractivity contribution < 1.29 is 11.0 Å². The molecular weight excluding hydrogens is 446 g/mol. The molecular formula is C26H29N5O2S. The number of ketones is 1. The van der Waals surface area contributed by atoms with Gasteiger partial charge in [-0.2, -0.15) is 0 Å². The maximum Gasteiger partial charge on any atom is 0.250 e. The van der Waals surface area contributed by atoms with E-state index in [4.69, 9.17) is 23.4 Å². The minimum atomic E-state index is -0.748. The van der Waals surface area contributed by atoms with Gasteiger partial charge in [0.2, 0.25) is 5.91 Å². The zero-order valence-corrected chi connectivity index (χ0v) is 19.8. The number of nitrogens with two attached hydrogens (primary N) is 1.